The number of carbonyl (C=O) groups excluding carboxylic acids is 2. The highest BCUT2D eigenvalue weighted by molar-refractivity contribution is 6.21. The maximum atomic E-state index is 12.4. The van der Waals surface area contributed by atoms with E-state index in [0.717, 1.165) is 4.90 Å². The van der Waals surface area contributed by atoms with Gasteiger partial charge in [0.15, 0.2) is 0 Å². The molecule has 0 bridgehead atoms. The molecular formula is C18H14N4O3. The fourth-order valence-electron chi connectivity index (χ4n) is 2.70. The van der Waals surface area contributed by atoms with Crippen LogP contribution in [-0.2, 0) is 6.54 Å². The molecule has 1 aliphatic rings. The summed E-state index contributed by atoms with van der Waals surface area (Å²) in [5.41, 5.74) is 1.62. The van der Waals surface area contributed by atoms with Crippen molar-refractivity contribution in [2.75, 3.05) is 7.11 Å². The molecule has 7 nitrogen and oxygen atoms in total. The molecule has 7 heteroatoms. The van der Waals surface area contributed by atoms with Gasteiger partial charge in [0.05, 0.1) is 38.0 Å². The first-order valence-corrected chi connectivity index (χ1v) is 7.61. The lowest BCUT2D eigenvalue weighted by Crippen LogP contribution is -2.29. The molecule has 3 aromatic rings. The van der Waals surface area contributed by atoms with Crippen molar-refractivity contribution < 1.29 is 15.7 Å². The molecule has 0 N–H and O–H groups in total. The van der Waals surface area contributed by atoms with Crippen LogP contribution in [0.25, 0.3) is 5.69 Å². The second kappa shape index (κ2) is 5.86. The molecular weight excluding hydrogens is 320 g/mol. The van der Waals surface area contributed by atoms with Gasteiger partial charge in [-0.05, 0) is 36.4 Å². The fraction of sp³-hybridized carbons (Fsp3) is 0.111. The van der Waals surface area contributed by atoms with Crippen molar-refractivity contribution in [2.24, 2.45) is 0 Å². The van der Waals surface area contributed by atoms with E-state index in [0.29, 0.717) is 22.6 Å². The van der Waals surface area contributed by atoms with Crippen LogP contribution < -0.4 is 4.74 Å². The molecule has 25 heavy (non-hydrogen) atoms. The SMILES string of the molecule is [2H]c1c(CN2C(=O)c3ccccc3C2=O)nnn1-c1ccc(OC)cc1. The Morgan fingerprint density at radius 2 is 1.68 bits per heavy atom. The van der Waals surface area contributed by atoms with Crippen LogP contribution in [0.3, 0.4) is 0 Å². The Labute approximate surface area is 144 Å². The molecule has 4 rings (SSSR count). The maximum absolute atomic E-state index is 12.4. The Balaban J connectivity index is 1.61. The maximum Gasteiger partial charge on any atom is 0.261 e. The number of amides is 2. The third-order valence-corrected chi connectivity index (χ3v) is 3.99. The summed E-state index contributed by atoms with van der Waals surface area (Å²) in [5.74, 6) is -0.0837. The summed E-state index contributed by atoms with van der Waals surface area (Å²) < 4.78 is 14.7. The zero-order valence-corrected chi connectivity index (χ0v) is 13.3. The average molecular weight is 335 g/mol. The smallest absolute Gasteiger partial charge is 0.261 e. The number of rotatable bonds is 4. The van der Waals surface area contributed by atoms with Gasteiger partial charge in [-0.2, -0.15) is 0 Å². The summed E-state index contributed by atoms with van der Waals surface area (Å²) in [4.78, 5) is 26.0. The molecule has 124 valence electrons. The van der Waals surface area contributed by atoms with E-state index < -0.39 is 0 Å². The second-order valence-corrected chi connectivity index (χ2v) is 5.50. The number of nitrogens with zero attached hydrogens (tertiary/aromatic N) is 4. The van der Waals surface area contributed by atoms with Crippen LogP contribution in [-0.4, -0.2) is 38.8 Å². The zero-order valence-electron chi connectivity index (χ0n) is 14.3. The first-order chi connectivity index (χ1) is 12.6. The van der Waals surface area contributed by atoms with Gasteiger partial charge in [-0.15, -0.1) is 5.10 Å². The van der Waals surface area contributed by atoms with Crippen LogP contribution >= 0.6 is 0 Å². The Morgan fingerprint density at radius 1 is 1.04 bits per heavy atom. The molecule has 0 aliphatic carbocycles. The molecule has 2 aromatic carbocycles. The van der Waals surface area contributed by atoms with E-state index in [1.807, 2.05) is 0 Å². The van der Waals surface area contributed by atoms with Crippen molar-refractivity contribution in [2.45, 2.75) is 6.54 Å². The number of hydrogen-bond donors (Lipinski definition) is 0. The van der Waals surface area contributed by atoms with Crippen molar-refractivity contribution in [3.8, 4) is 11.4 Å². The van der Waals surface area contributed by atoms with Crippen LogP contribution in [0.2, 0.25) is 0 Å². The van der Waals surface area contributed by atoms with Crippen molar-refractivity contribution in [3.05, 3.63) is 71.5 Å². The third kappa shape index (κ3) is 2.55. The Bertz CT molecular complexity index is 979. The van der Waals surface area contributed by atoms with Gasteiger partial charge in [0.2, 0.25) is 0 Å². The van der Waals surface area contributed by atoms with Gasteiger partial charge in [-0.25, -0.2) is 4.68 Å². The summed E-state index contributed by atoms with van der Waals surface area (Å²) >= 11 is 0. The molecule has 2 heterocycles. The van der Waals surface area contributed by atoms with Gasteiger partial charge in [-0.1, -0.05) is 17.3 Å². The second-order valence-electron chi connectivity index (χ2n) is 5.50. The standard InChI is InChI=1S/C18H14N4O3/c1-25-14-8-6-13(7-9-14)22-11-12(19-20-22)10-21-17(23)15-4-2-3-5-16(15)18(21)24/h2-9,11H,10H2,1H3/i11D. The Hall–Kier alpha value is -3.48. The summed E-state index contributed by atoms with van der Waals surface area (Å²) in [5, 5.41) is 7.95. The predicted octanol–water partition coefficient (Wildman–Crippen LogP) is 2.07. The molecule has 1 aromatic heterocycles. The van der Waals surface area contributed by atoms with E-state index >= 15 is 0 Å². The summed E-state index contributed by atoms with van der Waals surface area (Å²) in [6.07, 6.45) is 0.0201. The van der Waals surface area contributed by atoms with E-state index in [9.17, 15) is 9.59 Å². The predicted molar refractivity (Wildman–Crippen MR) is 88.6 cm³/mol. The minimum atomic E-state index is -0.385. The van der Waals surface area contributed by atoms with Crippen molar-refractivity contribution in [1.29, 1.82) is 0 Å². The van der Waals surface area contributed by atoms with Gasteiger partial charge in [0.25, 0.3) is 11.8 Å². The van der Waals surface area contributed by atoms with Crippen LogP contribution in [0.15, 0.2) is 54.7 Å². The monoisotopic (exact) mass is 335 g/mol. The summed E-state index contributed by atoms with van der Waals surface area (Å²) in [6, 6.07) is 13.7. The number of ether oxygens (including phenoxy) is 1. The first kappa shape index (κ1) is 13.9. The van der Waals surface area contributed by atoms with Gasteiger partial charge >= 0.3 is 0 Å². The van der Waals surface area contributed by atoms with Gasteiger partial charge < -0.3 is 4.74 Å². The number of methoxy groups -OCH3 is 1. The average Bonchev–Trinajstić information content (AvgIpc) is 3.15. The van der Waals surface area contributed by atoms with Crippen LogP contribution in [0.5, 0.6) is 5.75 Å². The van der Waals surface area contributed by atoms with Crippen LogP contribution in [0, 0.1) is 0 Å². The highest BCUT2D eigenvalue weighted by Gasteiger charge is 2.35. The molecule has 0 spiro atoms. The minimum absolute atomic E-state index is 0.0201. The lowest BCUT2D eigenvalue weighted by Gasteiger charge is -2.11. The molecule has 0 fully saturated rings. The molecule has 2 amide bonds. The third-order valence-electron chi connectivity index (χ3n) is 3.99. The largest absolute Gasteiger partial charge is 0.497 e. The molecule has 0 atom stereocenters. The van der Waals surface area contributed by atoms with E-state index in [2.05, 4.69) is 10.3 Å². The zero-order chi connectivity index (χ0) is 18.3. The number of aromatic nitrogens is 3. The molecule has 0 saturated carbocycles. The van der Waals surface area contributed by atoms with Crippen molar-refractivity contribution >= 4 is 11.8 Å². The van der Waals surface area contributed by atoms with E-state index in [1.54, 1.807) is 55.6 Å². The molecule has 0 saturated heterocycles. The summed E-state index contributed by atoms with van der Waals surface area (Å²) in [6.45, 7) is -0.0959. The van der Waals surface area contributed by atoms with Crippen molar-refractivity contribution in [1.82, 2.24) is 19.9 Å². The Kier molecular flexibility index (Phi) is 3.26. The number of imide groups is 1. The first-order valence-electron chi connectivity index (χ1n) is 8.11. The molecule has 0 unspecified atom stereocenters. The van der Waals surface area contributed by atoms with E-state index in [-0.39, 0.29) is 30.2 Å². The topological polar surface area (TPSA) is 77.3 Å². The number of carbonyl (C=O) groups is 2. The van der Waals surface area contributed by atoms with Crippen LogP contribution in [0.4, 0.5) is 0 Å². The minimum Gasteiger partial charge on any atom is -0.497 e. The normalized spacial score (nSPS) is 13.8. The lowest BCUT2D eigenvalue weighted by molar-refractivity contribution is 0.0640. The number of hydrogen-bond acceptors (Lipinski definition) is 5. The van der Waals surface area contributed by atoms with E-state index in [1.165, 1.54) is 4.68 Å². The quantitative estimate of drug-likeness (QED) is 0.682. The van der Waals surface area contributed by atoms with Gasteiger partial charge in [0, 0.05) is 0 Å². The van der Waals surface area contributed by atoms with Crippen molar-refractivity contribution in [3.63, 3.8) is 0 Å². The lowest BCUT2D eigenvalue weighted by atomic mass is 10.1. The highest BCUT2D eigenvalue weighted by Crippen LogP contribution is 2.24. The summed E-state index contributed by atoms with van der Waals surface area (Å²) in [7, 11) is 1.57. The molecule has 0 radical (unpaired) electrons. The van der Waals surface area contributed by atoms with E-state index in [4.69, 9.17) is 6.11 Å². The fourth-order valence-corrected chi connectivity index (χ4v) is 2.70. The van der Waals surface area contributed by atoms with Gasteiger partial charge in [0.1, 0.15) is 11.4 Å². The van der Waals surface area contributed by atoms with Gasteiger partial charge in [-0.3, -0.25) is 14.5 Å². The van der Waals surface area contributed by atoms with Crippen LogP contribution in [0.1, 0.15) is 27.8 Å². The number of fused-ring (bicyclic) bond motifs is 1. The number of benzene rings is 2. The Morgan fingerprint density at radius 3 is 2.28 bits per heavy atom. The highest BCUT2D eigenvalue weighted by atomic mass is 16.5. The molecule has 1 aliphatic heterocycles.